The van der Waals surface area contributed by atoms with E-state index in [2.05, 4.69) is 9.84 Å². The summed E-state index contributed by atoms with van der Waals surface area (Å²) in [5.41, 5.74) is 4.42. The highest BCUT2D eigenvalue weighted by atomic mass is 19.4. The Morgan fingerprint density at radius 3 is 2.76 bits per heavy atom. The van der Waals surface area contributed by atoms with E-state index in [0.717, 1.165) is 16.9 Å². The number of nitrogens with zero attached hydrogens (tertiary/aromatic N) is 2. The number of rotatable bonds is 4. The Morgan fingerprint density at radius 1 is 1.65 bits per heavy atom. The summed E-state index contributed by atoms with van der Waals surface area (Å²) in [6.07, 6.45) is -3.39. The molecule has 0 aliphatic rings. The summed E-state index contributed by atoms with van der Waals surface area (Å²) in [4.78, 5) is 11.1. The van der Waals surface area contributed by atoms with Crippen LogP contribution in [0.3, 0.4) is 0 Å². The molecule has 0 saturated carbocycles. The van der Waals surface area contributed by atoms with Gasteiger partial charge < -0.3 is 10.5 Å². The monoisotopic (exact) mass is 251 g/mol. The zero-order valence-corrected chi connectivity index (χ0v) is 9.07. The lowest BCUT2D eigenvalue weighted by Crippen LogP contribution is -2.36. The van der Waals surface area contributed by atoms with Gasteiger partial charge in [-0.25, -0.2) is 0 Å². The Bertz CT molecular complexity index is 389. The second kappa shape index (κ2) is 5.17. The third-order valence-corrected chi connectivity index (χ3v) is 1.90. The average Bonchev–Trinajstić information content (AvgIpc) is 2.66. The highest BCUT2D eigenvalue weighted by molar-refractivity contribution is 5.75. The van der Waals surface area contributed by atoms with Gasteiger partial charge in [-0.1, -0.05) is 0 Å². The van der Waals surface area contributed by atoms with Crippen molar-refractivity contribution in [2.24, 2.45) is 5.73 Å². The Kier molecular flexibility index (Phi) is 4.11. The van der Waals surface area contributed by atoms with E-state index < -0.39 is 23.9 Å². The topological polar surface area (TPSA) is 70.1 Å². The smallest absolute Gasteiger partial charge is 0.435 e. The lowest BCUT2D eigenvalue weighted by atomic mass is 10.3. The number of halogens is 3. The van der Waals surface area contributed by atoms with Crippen molar-refractivity contribution in [3.05, 3.63) is 18.0 Å². The van der Waals surface area contributed by atoms with E-state index in [4.69, 9.17) is 5.73 Å². The minimum absolute atomic E-state index is 0.158. The number of carbonyl (C=O) groups excluding carboxylic acids is 1. The van der Waals surface area contributed by atoms with E-state index in [0.29, 0.717) is 0 Å². The number of esters is 1. The number of nitrogens with two attached hydrogens (primary N) is 1. The molecule has 1 aromatic heterocycles. The second-order valence-corrected chi connectivity index (χ2v) is 3.28. The number of aromatic nitrogens is 2. The van der Waals surface area contributed by atoms with Crippen LogP contribution in [0.2, 0.25) is 0 Å². The molecule has 1 heterocycles. The fourth-order valence-corrected chi connectivity index (χ4v) is 1.14. The van der Waals surface area contributed by atoms with Crippen molar-refractivity contribution in [1.29, 1.82) is 0 Å². The van der Waals surface area contributed by atoms with Crippen molar-refractivity contribution in [3.63, 3.8) is 0 Å². The van der Waals surface area contributed by atoms with Crippen molar-refractivity contribution < 1.29 is 22.7 Å². The number of hydrogen-bond acceptors (Lipinski definition) is 4. The van der Waals surface area contributed by atoms with Crippen molar-refractivity contribution in [3.8, 4) is 0 Å². The Labute approximate surface area is 95.3 Å². The van der Waals surface area contributed by atoms with Gasteiger partial charge in [0.25, 0.3) is 0 Å². The largest absolute Gasteiger partial charge is 0.465 e. The van der Waals surface area contributed by atoms with Gasteiger partial charge in [0, 0.05) is 6.20 Å². The summed E-state index contributed by atoms with van der Waals surface area (Å²) in [6.45, 7) is 1.62. The van der Waals surface area contributed by atoms with Crippen LogP contribution in [-0.4, -0.2) is 28.4 Å². The quantitative estimate of drug-likeness (QED) is 0.803. The van der Waals surface area contributed by atoms with Gasteiger partial charge in [-0.3, -0.25) is 9.48 Å². The Balaban J connectivity index is 2.64. The van der Waals surface area contributed by atoms with Crippen molar-refractivity contribution in [1.82, 2.24) is 9.78 Å². The van der Waals surface area contributed by atoms with Gasteiger partial charge in [0.05, 0.1) is 13.2 Å². The van der Waals surface area contributed by atoms with Gasteiger partial charge in [-0.05, 0) is 13.0 Å². The SMILES string of the molecule is CCOC(=O)C(N)Cn1ccc(C(F)(F)F)n1. The summed E-state index contributed by atoms with van der Waals surface area (Å²) < 4.78 is 42.2. The fourth-order valence-electron chi connectivity index (χ4n) is 1.14. The lowest BCUT2D eigenvalue weighted by molar-refractivity contribution is -0.145. The van der Waals surface area contributed by atoms with Crippen LogP contribution in [0, 0.1) is 0 Å². The third-order valence-electron chi connectivity index (χ3n) is 1.90. The summed E-state index contributed by atoms with van der Waals surface area (Å²) in [6, 6.07) is -0.214. The molecule has 1 unspecified atom stereocenters. The molecule has 0 spiro atoms. The summed E-state index contributed by atoms with van der Waals surface area (Å²) >= 11 is 0. The van der Waals surface area contributed by atoms with Gasteiger partial charge in [0.15, 0.2) is 5.69 Å². The van der Waals surface area contributed by atoms with Crippen LogP contribution >= 0.6 is 0 Å². The molecule has 0 aliphatic heterocycles. The molecule has 8 heteroatoms. The first kappa shape index (κ1) is 13.5. The van der Waals surface area contributed by atoms with Gasteiger partial charge in [0.2, 0.25) is 0 Å². The fraction of sp³-hybridized carbons (Fsp3) is 0.556. The molecule has 17 heavy (non-hydrogen) atoms. The molecule has 5 nitrogen and oxygen atoms in total. The number of alkyl halides is 3. The van der Waals surface area contributed by atoms with Gasteiger partial charge >= 0.3 is 12.1 Å². The minimum Gasteiger partial charge on any atom is -0.465 e. The average molecular weight is 251 g/mol. The molecule has 0 saturated heterocycles. The van der Waals surface area contributed by atoms with Crippen LogP contribution < -0.4 is 5.73 Å². The summed E-state index contributed by atoms with van der Waals surface area (Å²) in [5.74, 6) is -0.670. The minimum atomic E-state index is -4.50. The number of carbonyl (C=O) groups is 1. The zero-order valence-electron chi connectivity index (χ0n) is 9.07. The first-order chi connectivity index (χ1) is 7.84. The normalized spacial score (nSPS) is 13.5. The van der Waals surface area contributed by atoms with E-state index in [1.54, 1.807) is 6.92 Å². The standard InChI is InChI=1S/C9H12F3N3O2/c1-2-17-8(16)6(13)5-15-4-3-7(14-15)9(10,11)12/h3-4,6H,2,5,13H2,1H3. The number of ether oxygens (including phenoxy) is 1. The maximum atomic E-state index is 12.2. The van der Waals surface area contributed by atoms with Gasteiger partial charge in [0.1, 0.15) is 6.04 Å². The lowest BCUT2D eigenvalue weighted by Gasteiger charge is -2.10. The number of hydrogen-bond donors (Lipinski definition) is 1. The van der Waals surface area contributed by atoms with Crippen LogP contribution in [0.5, 0.6) is 0 Å². The molecule has 0 bridgehead atoms. The molecule has 0 amide bonds. The van der Waals surface area contributed by atoms with Crippen LogP contribution in [0.15, 0.2) is 12.3 Å². The molecule has 0 aromatic carbocycles. The van der Waals surface area contributed by atoms with E-state index in [-0.39, 0.29) is 13.2 Å². The van der Waals surface area contributed by atoms with E-state index in [9.17, 15) is 18.0 Å². The summed E-state index contributed by atoms with van der Waals surface area (Å²) in [7, 11) is 0. The van der Waals surface area contributed by atoms with E-state index >= 15 is 0 Å². The molecule has 0 fully saturated rings. The zero-order chi connectivity index (χ0) is 13.1. The van der Waals surface area contributed by atoms with Crippen LogP contribution in [0.4, 0.5) is 13.2 Å². The van der Waals surface area contributed by atoms with Gasteiger partial charge in [-0.2, -0.15) is 18.3 Å². The molecule has 0 aliphatic carbocycles. The van der Waals surface area contributed by atoms with Crippen LogP contribution in [0.25, 0.3) is 0 Å². The molecular formula is C9H12F3N3O2. The Morgan fingerprint density at radius 2 is 2.29 bits per heavy atom. The maximum absolute atomic E-state index is 12.2. The highest BCUT2D eigenvalue weighted by Crippen LogP contribution is 2.27. The predicted octanol–water partition coefficient (Wildman–Crippen LogP) is 0.792. The molecule has 1 atom stereocenters. The maximum Gasteiger partial charge on any atom is 0.435 e. The molecular weight excluding hydrogens is 239 g/mol. The molecule has 2 N–H and O–H groups in total. The van der Waals surface area contributed by atoms with E-state index in [1.807, 2.05) is 0 Å². The molecule has 96 valence electrons. The second-order valence-electron chi connectivity index (χ2n) is 3.28. The van der Waals surface area contributed by atoms with Crippen molar-refractivity contribution in [2.75, 3.05) is 6.61 Å². The van der Waals surface area contributed by atoms with Gasteiger partial charge in [-0.15, -0.1) is 0 Å². The van der Waals surface area contributed by atoms with E-state index in [1.165, 1.54) is 0 Å². The first-order valence-electron chi connectivity index (χ1n) is 4.87. The predicted molar refractivity (Wildman–Crippen MR) is 51.8 cm³/mol. The van der Waals surface area contributed by atoms with Crippen LogP contribution in [0.1, 0.15) is 12.6 Å². The van der Waals surface area contributed by atoms with Crippen LogP contribution in [-0.2, 0) is 22.3 Å². The van der Waals surface area contributed by atoms with Crippen molar-refractivity contribution >= 4 is 5.97 Å². The molecule has 1 aromatic rings. The molecule has 1 rings (SSSR count). The third kappa shape index (κ3) is 3.74. The molecule has 0 radical (unpaired) electrons. The van der Waals surface area contributed by atoms with Crippen molar-refractivity contribution in [2.45, 2.75) is 25.7 Å². The highest BCUT2D eigenvalue weighted by Gasteiger charge is 2.33. The summed E-state index contributed by atoms with van der Waals surface area (Å²) in [5, 5.41) is 3.27. The Hall–Kier alpha value is -1.57. The first-order valence-corrected chi connectivity index (χ1v) is 4.87.